The lowest BCUT2D eigenvalue weighted by Crippen LogP contribution is -2.58. The lowest BCUT2D eigenvalue weighted by atomic mass is 10.2. The SMILES string of the molecule is O=S(=O)(F)N(N1CCCCC1)S(=O)(=O)C(F)(F)C(F)(F)F. The fourth-order valence-corrected chi connectivity index (χ4v) is 4.31. The van der Waals surface area contributed by atoms with Crippen molar-refractivity contribution in [2.45, 2.75) is 30.7 Å². The largest absolute Gasteiger partial charge is 0.471 e. The molecular weight excluding hydrogens is 354 g/mol. The molecule has 0 aromatic heterocycles. The molecule has 1 saturated heterocycles. The zero-order valence-corrected chi connectivity index (χ0v) is 11.8. The maximum absolute atomic E-state index is 13.0. The normalized spacial score (nSPS) is 20.0. The fraction of sp³-hybridized carbons (Fsp3) is 1.00. The Kier molecular flexibility index (Phi) is 4.88. The van der Waals surface area contributed by atoms with Crippen molar-refractivity contribution in [1.29, 1.82) is 0 Å². The first-order valence-corrected chi connectivity index (χ1v) is 8.20. The Morgan fingerprint density at radius 1 is 0.857 bits per heavy atom. The molecule has 0 atom stereocenters. The van der Waals surface area contributed by atoms with E-state index in [0.717, 1.165) is 0 Å². The van der Waals surface area contributed by atoms with E-state index in [9.17, 15) is 42.7 Å². The van der Waals surface area contributed by atoms with Crippen LogP contribution in [0.25, 0.3) is 0 Å². The molecule has 21 heavy (non-hydrogen) atoms. The third-order valence-electron chi connectivity index (χ3n) is 2.61. The van der Waals surface area contributed by atoms with Gasteiger partial charge in [0.15, 0.2) is 0 Å². The van der Waals surface area contributed by atoms with Gasteiger partial charge in [0.25, 0.3) is 0 Å². The van der Waals surface area contributed by atoms with E-state index < -0.39 is 48.8 Å². The third-order valence-corrected chi connectivity index (χ3v) is 5.86. The minimum atomic E-state index is -6.88. The summed E-state index contributed by atoms with van der Waals surface area (Å²) < 4.78 is 118. The number of rotatable bonds is 4. The van der Waals surface area contributed by atoms with Crippen molar-refractivity contribution in [2.24, 2.45) is 0 Å². The van der Waals surface area contributed by atoms with Crippen molar-refractivity contribution >= 4 is 20.4 Å². The minimum absolute atomic E-state index is 0.105. The highest BCUT2D eigenvalue weighted by Crippen LogP contribution is 2.43. The van der Waals surface area contributed by atoms with Gasteiger partial charge in [-0.1, -0.05) is 10.3 Å². The highest BCUT2D eigenvalue weighted by atomic mass is 32.3. The van der Waals surface area contributed by atoms with Crippen LogP contribution in [0.15, 0.2) is 0 Å². The summed E-state index contributed by atoms with van der Waals surface area (Å²) >= 11 is 0. The molecule has 0 unspecified atom stereocenters. The average Bonchev–Trinajstić information content (AvgIpc) is 2.26. The van der Waals surface area contributed by atoms with Crippen LogP contribution >= 0.6 is 0 Å². The smallest absolute Gasteiger partial charge is 0.211 e. The van der Waals surface area contributed by atoms with E-state index in [1.807, 2.05) is 0 Å². The van der Waals surface area contributed by atoms with Crippen molar-refractivity contribution < 1.29 is 42.7 Å². The summed E-state index contributed by atoms with van der Waals surface area (Å²) in [7, 11) is -13.3. The van der Waals surface area contributed by atoms with Gasteiger partial charge in [-0.05, 0) is 12.8 Å². The standard InChI is InChI=1S/C7H10F6N2O4S2/c8-6(9,10)7(11,12)20(16,17)15(21(13,18)19)14-4-2-1-3-5-14/h1-5H2. The molecule has 0 N–H and O–H groups in total. The molecule has 14 heteroatoms. The second-order valence-corrected chi connectivity index (χ2v) is 7.36. The number of nitrogens with zero attached hydrogens (tertiary/aromatic N) is 2. The summed E-state index contributed by atoms with van der Waals surface area (Å²) in [5.41, 5.74) is 0. The van der Waals surface area contributed by atoms with Gasteiger partial charge in [0.05, 0.1) is 0 Å². The highest BCUT2D eigenvalue weighted by Gasteiger charge is 2.71. The van der Waals surface area contributed by atoms with Gasteiger partial charge in [0, 0.05) is 16.9 Å². The zero-order valence-electron chi connectivity index (χ0n) is 10.1. The summed E-state index contributed by atoms with van der Waals surface area (Å²) in [4.78, 5) is 0. The molecule has 1 fully saturated rings. The first-order chi connectivity index (χ1) is 9.23. The molecule has 0 saturated carbocycles. The Labute approximate surface area is 116 Å². The molecule has 0 spiro atoms. The molecule has 0 aromatic rings. The maximum Gasteiger partial charge on any atom is 0.471 e. The zero-order chi connectivity index (χ0) is 16.7. The van der Waals surface area contributed by atoms with Crippen LogP contribution in [0.2, 0.25) is 0 Å². The Hall–Kier alpha value is -0.600. The summed E-state index contributed by atoms with van der Waals surface area (Å²) in [5, 5.41) is -6.34. The Bertz CT molecular complexity index is 581. The molecule has 0 aliphatic carbocycles. The highest BCUT2D eigenvalue weighted by molar-refractivity contribution is 8.02. The van der Waals surface area contributed by atoms with Crippen molar-refractivity contribution in [3.63, 3.8) is 0 Å². The van der Waals surface area contributed by atoms with Gasteiger partial charge in [-0.25, -0.2) is 13.4 Å². The van der Waals surface area contributed by atoms with Gasteiger partial charge in [-0.15, -0.1) is 0 Å². The van der Waals surface area contributed by atoms with Gasteiger partial charge in [-0.3, -0.25) is 0 Å². The van der Waals surface area contributed by atoms with Crippen molar-refractivity contribution in [3.8, 4) is 0 Å². The van der Waals surface area contributed by atoms with Crippen molar-refractivity contribution in [2.75, 3.05) is 13.1 Å². The molecular formula is C7H10F6N2O4S2. The number of hydrazine groups is 1. The van der Waals surface area contributed by atoms with Crippen molar-refractivity contribution in [1.82, 2.24) is 8.83 Å². The van der Waals surface area contributed by atoms with Gasteiger partial charge < -0.3 is 0 Å². The van der Waals surface area contributed by atoms with Crippen LogP contribution in [0.5, 0.6) is 0 Å². The average molecular weight is 364 g/mol. The predicted molar refractivity (Wildman–Crippen MR) is 57.2 cm³/mol. The van der Waals surface area contributed by atoms with Crippen LogP contribution in [-0.2, 0) is 20.4 Å². The van der Waals surface area contributed by atoms with Crippen LogP contribution in [0.1, 0.15) is 19.3 Å². The molecule has 1 heterocycles. The maximum atomic E-state index is 13.0. The Morgan fingerprint density at radius 3 is 1.62 bits per heavy atom. The topological polar surface area (TPSA) is 74.8 Å². The van der Waals surface area contributed by atoms with Gasteiger partial charge in [-0.2, -0.15) is 30.4 Å². The lowest BCUT2D eigenvalue weighted by Gasteiger charge is -2.34. The first kappa shape index (κ1) is 18.4. The molecule has 6 nitrogen and oxygen atoms in total. The van der Waals surface area contributed by atoms with Crippen LogP contribution in [-0.4, -0.2) is 50.2 Å². The van der Waals surface area contributed by atoms with E-state index in [1.165, 1.54) is 0 Å². The summed E-state index contributed by atoms with van der Waals surface area (Å²) in [6, 6.07) is 0. The van der Waals surface area contributed by atoms with E-state index in [4.69, 9.17) is 0 Å². The van der Waals surface area contributed by atoms with Gasteiger partial charge in [0.2, 0.25) is 0 Å². The van der Waals surface area contributed by atoms with Gasteiger partial charge in [0.1, 0.15) is 0 Å². The minimum Gasteiger partial charge on any atom is -0.211 e. The number of halogens is 6. The van der Waals surface area contributed by atoms with Crippen LogP contribution in [0, 0.1) is 0 Å². The third kappa shape index (κ3) is 3.43. The van der Waals surface area contributed by atoms with E-state index in [-0.39, 0.29) is 17.9 Å². The number of alkyl halides is 5. The second kappa shape index (κ2) is 5.55. The lowest BCUT2D eigenvalue weighted by molar-refractivity contribution is -0.243. The summed E-state index contributed by atoms with van der Waals surface area (Å²) in [5.74, 6) is 0. The molecule has 0 radical (unpaired) electrons. The quantitative estimate of drug-likeness (QED) is 0.557. The molecule has 0 bridgehead atoms. The van der Waals surface area contributed by atoms with E-state index in [2.05, 4.69) is 0 Å². The molecule has 1 rings (SSSR count). The van der Waals surface area contributed by atoms with E-state index >= 15 is 0 Å². The van der Waals surface area contributed by atoms with Crippen LogP contribution < -0.4 is 0 Å². The molecule has 1 aliphatic heterocycles. The Balaban J connectivity index is 3.39. The van der Waals surface area contributed by atoms with Crippen molar-refractivity contribution in [3.05, 3.63) is 0 Å². The fourth-order valence-electron chi connectivity index (χ4n) is 1.69. The second-order valence-electron chi connectivity index (χ2n) is 4.15. The Morgan fingerprint density at radius 2 is 1.29 bits per heavy atom. The monoisotopic (exact) mass is 364 g/mol. The van der Waals surface area contributed by atoms with Crippen LogP contribution in [0.4, 0.5) is 25.8 Å². The molecule has 0 aromatic carbocycles. The number of piperidine rings is 1. The van der Waals surface area contributed by atoms with Crippen LogP contribution in [0.3, 0.4) is 0 Å². The molecule has 1 aliphatic rings. The van der Waals surface area contributed by atoms with Gasteiger partial charge >= 0.3 is 31.9 Å². The first-order valence-electron chi connectivity index (χ1n) is 5.42. The number of sulfonamides is 1. The number of hydrogen-bond acceptors (Lipinski definition) is 5. The van der Waals surface area contributed by atoms with E-state index in [1.54, 1.807) is 0 Å². The predicted octanol–water partition coefficient (Wildman–Crippen LogP) is 1.39. The molecule has 126 valence electrons. The van der Waals surface area contributed by atoms with E-state index in [0.29, 0.717) is 6.42 Å². The molecule has 0 amide bonds. The summed E-state index contributed by atoms with van der Waals surface area (Å²) in [6.45, 7) is -0.980. The number of hydrogen-bond donors (Lipinski definition) is 0. The summed E-state index contributed by atoms with van der Waals surface area (Å²) in [6.07, 6.45) is -5.91.